The van der Waals surface area contributed by atoms with Crippen molar-refractivity contribution in [2.24, 2.45) is 0 Å². The van der Waals surface area contributed by atoms with Gasteiger partial charge in [-0.25, -0.2) is 0 Å². The molecule has 0 radical (unpaired) electrons. The van der Waals surface area contributed by atoms with Gasteiger partial charge in [0.1, 0.15) is 0 Å². The number of benzene rings is 1. The highest BCUT2D eigenvalue weighted by atomic mass is 32.1. The van der Waals surface area contributed by atoms with Crippen molar-refractivity contribution in [3.63, 3.8) is 0 Å². The maximum absolute atomic E-state index is 12.1. The Kier molecular flexibility index (Phi) is 6.40. The minimum atomic E-state index is 0.0216. The lowest BCUT2D eigenvalue weighted by atomic mass is 10.1. The van der Waals surface area contributed by atoms with Crippen LogP contribution in [0, 0.1) is 0 Å². The number of rotatable bonds is 6. The Balaban J connectivity index is 1.72. The number of amides is 1. The van der Waals surface area contributed by atoms with Crippen molar-refractivity contribution < 1.29 is 4.79 Å². The first kappa shape index (κ1) is 15.4. The van der Waals surface area contributed by atoms with Gasteiger partial charge in [-0.05, 0) is 50.5 Å². The fraction of sp³-hybridized carbons (Fsp3) is 0.562. The van der Waals surface area contributed by atoms with E-state index in [0.717, 1.165) is 30.6 Å². The third-order valence-corrected chi connectivity index (χ3v) is 4.16. The van der Waals surface area contributed by atoms with Crippen LogP contribution in [0.4, 0.5) is 0 Å². The smallest absolute Gasteiger partial charge is 0.251 e. The molecule has 1 N–H and O–H groups in total. The largest absolute Gasteiger partial charge is 0.352 e. The van der Waals surface area contributed by atoms with Gasteiger partial charge in [-0.2, -0.15) is 12.6 Å². The van der Waals surface area contributed by atoms with E-state index in [1.807, 2.05) is 24.3 Å². The molecule has 1 aliphatic rings. The first-order valence-electron chi connectivity index (χ1n) is 7.50. The third-order valence-electron chi connectivity index (χ3n) is 3.82. The predicted molar refractivity (Wildman–Crippen MR) is 86.4 cm³/mol. The van der Waals surface area contributed by atoms with E-state index >= 15 is 0 Å². The molecule has 0 unspecified atom stereocenters. The molecule has 1 fully saturated rings. The monoisotopic (exact) mass is 292 g/mol. The highest BCUT2D eigenvalue weighted by molar-refractivity contribution is 7.79. The van der Waals surface area contributed by atoms with Gasteiger partial charge in [-0.1, -0.05) is 24.6 Å². The van der Waals surface area contributed by atoms with Crippen LogP contribution in [0.5, 0.6) is 0 Å². The molecule has 1 amide bonds. The molecule has 0 aromatic heterocycles. The molecule has 3 nitrogen and oxygen atoms in total. The van der Waals surface area contributed by atoms with E-state index in [2.05, 4.69) is 22.8 Å². The summed E-state index contributed by atoms with van der Waals surface area (Å²) >= 11 is 4.27. The van der Waals surface area contributed by atoms with Crippen molar-refractivity contribution in [2.75, 3.05) is 26.2 Å². The Bertz CT molecular complexity index is 430. The number of nitrogens with zero attached hydrogens (tertiary/aromatic N) is 1. The summed E-state index contributed by atoms with van der Waals surface area (Å²) in [5.41, 5.74) is 1.74. The van der Waals surface area contributed by atoms with Crippen LogP contribution in [0.1, 0.15) is 41.6 Å². The third kappa shape index (κ3) is 4.53. The Labute approximate surface area is 127 Å². The molecule has 4 heteroatoms. The standard InChI is InChI=1S/C16H24N2OS/c19-16(15-8-3-2-7-14(15)13-20)17-9-6-12-18-10-4-1-5-11-18/h2-3,7-8,20H,1,4-6,9-13H2,(H,17,19). The molecule has 1 heterocycles. The molecular formula is C16H24N2OS. The van der Waals surface area contributed by atoms with Crippen molar-refractivity contribution in [1.29, 1.82) is 0 Å². The SMILES string of the molecule is O=C(NCCCN1CCCCC1)c1ccccc1CS. The maximum atomic E-state index is 12.1. The molecule has 20 heavy (non-hydrogen) atoms. The molecule has 2 rings (SSSR count). The number of likely N-dealkylation sites (tertiary alicyclic amines) is 1. The second kappa shape index (κ2) is 8.32. The average molecular weight is 292 g/mol. The molecule has 0 aliphatic carbocycles. The quantitative estimate of drug-likeness (QED) is 0.624. The van der Waals surface area contributed by atoms with Crippen molar-refractivity contribution >= 4 is 18.5 Å². The minimum absolute atomic E-state index is 0.0216. The van der Waals surface area contributed by atoms with Gasteiger partial charge in [0, 0.05) is 17.9 Å². The molecular weight excluding hydrogens is 268 g/mol. The zero-order chi connectivity index (χ0) is 14.2. The summed E-state index contributed by atoms with van der Waals surface area (Å²) < 4.78 is 0. The summed E-state index contributed by atoms with van der Waals surface area (Å²) in [6.07, 6.45) is 5.03. The predicted octanol–water partition coefficient (Wildman–Crippen LogP) is 2.72. The first-order valence-corrected chi connectivity index (χ1v) is 8.14. The fourth-order valence-corrected chi connectivity index (χ4v) is 2.94. The van der Waals surface area contributed by atoms with Crippen LogP contribution in [-0.4, -0.2) is 37.0 Å². The van der Waals surface area contributed by atoms with Gasteiger partial charge in [-0.3, -0.25) is 4.79 Å². The zero-order valence-corrected chi connectivity index (χ0v) is 12.9. The van der Waals surface area contributed by atoms with Crippen LogP contribution in [0.3, 0.4) is 0 Å². The first-order chi connectivity index (χ1) is 9.81. The molecule has 0 spiro atoms. The van der Waals surface area contributed by atoms with Gasteiger partial charge in [0.15, 0.2) is 0 Å². The number of hydrogen-bond acceptors (Lipinski definition) is 3. The molecule has 1 aromatic rings. The molecule has 1 saturated heterocycles. The van der Waals surface area contributed by atoms with Crippen molar-refractivity contribution in [1.82, 2.24) is 10.2 Å². The number of hydrogen-bond donors (Lipinski definition) is 2. The van der Waals surface area contributed by atoms with E-state index in [1.165, 1.54) is 32.4 Å². The Morgan fingerprint density at radius 1 is 1.20 bits per heavy atom. The van der Waals surface area contributed by atoms with Gasteiger partial charge in [0.2, 0.25) is 0 Å². The number of piperidine rings is 1. The topological polar surface area (TPSA) is 32.3 Å². The van der Waals surface area contributed by atoms with E-state index in [-0.39, 0.29) is 5.91 Å². The normalized spacial score (nSPS) is 16.1. The second-order valence-corrected chi connectivity index (χ2v) is 5.64. The molecule has 0 bridgehead atoms. The highest BCUT2D eigenvalue weighted by Crippen LogP contribution is 2.11. The van der Waals surface area contributed by atoms with Crippen molar-refractivity contribution in [3.8, 4) is 0 Å². The van der Waals surface area contributed by atoms with Crippen LogP contribution >= 0.6 is 12.6 Å². The van der Waals surface area contributed by atoms with Crippen LogP contribution < -0.4 is 5.32 Å². The summed E-state index contributed by atoms with van der Waals surface area (Å²) in [5, 5.41) is 3.01. The molecule has 0 saturated carbocycles. The lowest BCUT2D eigenvalue weighted by Gasteiger charge is -2.26. The number of nitrogens with one attached hydrogen (secondary N) is 1. The molecule has 110 valence electrons. The van der Waals surface area contributed by atoms with Crippen LogP contribution in [0.25, 0.3) is 0 Å². The van der Waals surface area contributed by atoms with Crippen LogP contribution in [-0.2, 0) is 5.75 Å². The van der Waals surface area contributed by atoms with Crippen molar-refractivity contribution in [2.45, 2.75) is 31.4 Å². The Morgan fingerprint density at radius 2 is 1.95 bits per heavy atom. The average Bonchev–Trinajstić information content (AvgIpc) is 2.52. The lowest BCUT2D eigenvalue weighted by Crippen LogP contribution is -2.33. The second-order valence-electron chi connectivity index (χ2n) is 5.33. The molecule has 1 aromatic carbocycles. The summed E-state index contributed by atoms with van der Waals surface area (Å²) in [6, 6.07) is 7.66. The Morgan fingerprint density at radius 3 is 2.70 bits per heavy atom. The van der Waals surface area contributed by atoms with Gasteiger partial charge in [0.25, 0.3) is 5.91 Å². The van der Waals surface area contributed by atoms with E-state index < -0.39 is 0 Å². The van der Waals surface area contributed by atoms with E-state index in [1.54, 1.807) is 0 Å². The fourth-order valence-electron chi connectivity index (χ4n) is 2.66. The van der Waals surface area contributed by atoms with Crippen molar-refractivity contribution in [3.05, 3.63) is 35.4 Å². The van der Waals surface area contributed by atoms with E-state index in [0.29, 0.717) is 5.75 Å². The minimum Gasteiger partial charge on any atom is -0.352 e. The summed E-state index contributed by atoms with van der Waals surface area (Å²) in [6.45, 7) is 4.28. The molecule has 0 atom stereocenters. The van der Waals surface area contributed by atoms with Gasteiger partial charge in [0.05, 0.1) is 0 Å². The lowest BCUT2D eigenvalue weighted by molar-refractivity contribution is 0.0950. The van der Waals surface area contributed by atoms with Gasteiger partial charge >= 0.3 is 0 Å². The summed E-state index contributed by atoms with van der Waals surface area (Å²) in [4.78, 5) is 14.6. The highest BCUT2D eigenvalue weighted by Gasteiger charge is 2.11. The van der Waals surface area contributed by atoms with Gasteiger partial charge in [-0.15, -0.1) is 0 Å². The maximum Gasteiger partial charge on any atom is 0.251 e. The van der Waals surface area contributed by atoms with Crippen LogP contribution in [0.2, 0.25) is 0 Å². The van der Waals surface area contributed by atoms with E-state index in [4.69, 9.17) is 0 Å². The number of carbonyl (C=O) groups is 1. The Hall–Kier alpha value is -1.00. The number of thiol groups is 1. The summed E-state index contributed by atoms with van der Waals surface area (Å²) in [5.74, 6) is 0.616. The van der Waals surface area contributed by atoms with Crippen LogP contribution in [0.15, 0.2) is 24.3 Å². The van der Waals surface area contributed by atoms with E-state index in [9.17, 15) is 4.79 Å². The summed E-state index contributed by atoms with van der Waals surface area (Å²) in [7, 11) is 0. The van der Waals surface area contributed by atoms with Gasteiger partial charge < -0.3 is 10.2 Å². The zero-order valence-electron chi connectivity index (χ0n) is 12.0. The molecule has 1 aliphatic heterocycles. The number of carbonyl (C=O) groups excluding carboxylic acids is 1.